The Kier molecular flexibility index (Phi) is 6.90. The van der Waals surface area contributed by atoms with E-state index in [1.165, 1.54) is 0 Å². The molecule has 2 fully saturated rings. The second-order valence-electron chi connectivity index (χ2n) is 7.93. The highest BCUT2D eigenvalue weighted by Gasteiger charge is 2.35. The lowest BCUT2D eigenvalue weighted by atomic mass is 10.0. The molecule has 7 heteroatoms. The maximum absolute atomic E-state index is 12.7. The number of furan rings is 1. The molecule has 2 atom stereocenters. The van der Waals surface area contributed by atoms with E-state index in [0.717, 1.165) is 38.5 Å². The molecule has 0 aliphatic carbocycles. The number of hydrogen-bond donors (Lipinski definition) is 1. The largest absolute Gasteiger partial charge is 0.467 e. The molecule has 27 heavy (non-hydrogen) atoms. The van der Waals surface area contributed by atoms with E-state index in [9.17, 15) is 9.59 Å². The van der Waals surface area contributed by atoms with Gasteiger partial charge in [0.15, 0.2) is 0 Å². The van der Waals surface area contributed by atoms with Gasteiger partial charge >= 0.3 is 0 Å². The molecule has 0 radical (unpaired) electrons. The quantitative estimate of drug-likeness (QED) is 0.743. The molecule has 0 bridgehead atoms. The highest BCUT2D eigenvalue weighted by molar-refractivity contribution is 5.89. The molecular weight excluding hydrogens is 346 g/mol. The fraction of sp³-hybridized carbons (Fsp3) is 0.700. The Morgan fingerprint density at radius 3 is 2.78 bits per heavy atom. The summed E-state index contributed by atoms with van der Waals surface area (Å²) in [7, 11) is 0. The molecule has 150 valence electrons. The maximum atomic E-state index is 12.7. The lowest BCUT2D eigenvalue weighted by Crippen LogP contribution is -2.50. The zero-order valence-electron chi connectivity index (χ0n) is 16.4. The van der Waals surface area contributed by atoms with Gasteiger partial charge in [0.25, 0.3) is 0 Å². The molecule has 0 saturated carbocycles. The summed E-state index contributed by atoms with van der Waals surface area (Å²) < 4.78 is 10.8. The van der Waals surface area contributed by atoms with E-state index < -0.39 is 0 Å². The monoisotopic (exact) mass is 377 g/mol. The summed E-state index contributed by atoms with van der Waals surface area (Å²) in [5, 5.41) is 3.10. The number of carbonyl (C=O) groups excluding carboxylic acids is 2. The van der Waals surface area contributed by atoms with E-state index in [-0.39, 0.29) is 24.2 Å². The molecule has 2 aliphatic rings. The van der Waals surface area contributed by atoms with Gasteiger partial charge in [0.2, 0.25) is 11.8 Å². The number of hydrogen-bond acceptors (Lipinski definition) is 5. The second-order valence-corrected chi connectivity index (χ2v) is 7.93. The number of likely N-dealkylation sites (tertiary alicyclic amines) is 1. The van der Waals surface area contributed by atoms with E-state index in [2.05, 4.69) is 24.1 Å². The zero-order valence-corrected chi connectivity index (χ0v) is 16.4. The standard InChI is InChI=1S/C20H31N3O4/c1-15(2)10-17(22-5-8-26-9-6-22)12-21-20(25)16-11-19(24)23(13-16)14-18-4-3-7-27-18/h3-4,7,15-17H,5-6,8-14H2,1-2H3,(H,21,25). The van der Waals surface area contributed by atoms with Crippen LogP contribution < -0.4 is 5.32 Å². The third-order valence-electron chi connectivity index (χ3n) is 5.33. The van der Waals surface area contributed by atoms with Gasteiger partial charge in [-0.15, -0.1) is 0 Å². The van der Waals surface area contributed by atoms with Crippen molar-refractivity contribution >= 4 is 11.8 Å². The Labute approximate surface area is 161 Å². The first kappa shape index (κ1) is 19.9. The Hall–Kier alpha value is -1.86. The molecule has 2 unspecified atom stereocenters. The van der Waals surface area contributed by atoms with Gasteiger partial charge in [-0.3, -0.25) is 14.5 Å². The predicted molar refractivity (Wildman–Crippen MR) is 101 cm³/mol. The average Bonchev–Trinajstić information content (AvgIpc) is 3.29. The Balaban J connectivity index is 1.50. The second kappa shape index (κ2) is 9.37. The number of ether oxygens (including phenoxy) is 1. The van der Waals surface area contributed by atoms with Gasteiger partial charge in [-0.1, -0.05) is 13.8 Å². The van der Waals surface area contributed by atoms with Gasteiger partial charge in [-0.05, 0) is 24.5 Å². The lowest BCUT2D eigenvalue weighted by molar-refractivity contribution is -0.129. The fourth-order valence-corrected chi connectivity index (χ4v) is 3.90. The van der Waals surface area contributed by atoms with Gasteiger partial charge in [-0.2, -0.15) is 0 Å². The van der Waals surface area contributed by atoms with E-state index in [1.54, 1.807) is 17.2 Å². The number of rotatable bonds is 8. The van der Waals surface area contributed by atoms with Crippen LogP contribution >= 0.6 is 0 Å². The SMILES string of the molecule is CC(C)CC(CNC(=O)C1CC(=O)N(Cc2ccco2)C1)N1CCOCC1. The first-order chi connectivity index (χ1) is 13.0. The van der Waals surface area contributed by atoms with Crippen LogP contribution in [0.4, 0.5) is 0 Å². The minimum atomic E-state index is -0.281. The summed E-state index contributed by atoms with van der Waals surface area (Å²) in [6.45, 7) is 9.24. The normalized spacial score (nSPS) is 22.4. The van der Waals surface area contributed by atoms with Crippen molar-refractivity contribution in [1.29, 1.82) is 0 Å². The highest BCUT2D eigenvalue weighted by Crippen LogP contribution is 2.21. The van der Waals surface area contributed by atoms with Crippen LogP contribution in [0.25, 0.3) is 0 Å². The molecule has 2 saturated heterocycles. The summed E-state index contributed by atoms with van der Waals surface area (Å²) in [5.74, 6) is 1.02. The number of amides is 2. The van der Waals surface area contributed by atoms with Gasteiger partial charge in [0, 0.05) is 38.6 Å². The zero-order chi connectivity index (χ0) is 19.2. The van der Waals surface area contributed by atoms with Crippen molar-refractivity contribution in [2.45, 2.75) is 39.3 Å². The molecule has 3 rings (SSSR count). The van der Waals surface area contributed by atoms with Crippen molar-refractivity contribution in [3.63, 3.8) is 0 Å². The van der Waals surface area contributed by atoms with Crippen LogP contribution in [0, 0.1) is 11.8 Å². The number of nitrogens with one attached hydrogen (secondary N) is 1. The molecule has 2 amide bonds. The first-order valence-electron chi connectivity index (χ1n) is 9.92. The lowest BCUT2D eigenvalue weighted by Gasteiger charge is -2.35. The molecule has 3 heterocycles. The van der Waals surface area contributed by atoms with E-state index in [1.807, 2.05) is 6.07 Å². The molecule has 0 aromatic carbocycles. The Morgan fingerprint density at radius 2 is 2.11 bits per heavy atom. The van der Waals surface area contributed by atoms with Crippen LogP contribution in [0.5, 0.6) is 0 Å². The van der Waals surface area contributed by atoms with Gasteiger partial charge in [-0.25, -0.2) is 0 Å². The molecule has 1 aromatic heterocycles. The Morgan fingerprint density at radius 1 is 1.33 bits per heavy atom. The van der Waals surface area contributed by atoms with Crippen LogP contribution in [0.1, 0.15) is 32.4 Å². The van der Waals surface area contributed by atoms with Crippen LogP contribution in [0.3, 0.4) is 0 Å². The first-order valence-corrected chi connectivity index (χ1v) is 9.92. The molecule has 7 nitrogen and oxygen atoms in total. The van der Waals surface area contributed by atoms with Crippen molar-refractivity contribution in [1.82, 2.24) is 15.1 Å². The minimum absolute atomic E-state index is 0.0125. The molecule has 1 aromatic rings. The molecule has 2 aliphatic heterocycles. The van der Waals surface area contributed by atoms with Crippen LogP contribution in [-0.2, 0) is 20.9 Å². The third kappa shape index (κ3) is 5.56. The number of carbonyl (C=O) groups is 2. The van der Waals surface area contributed by atoms with Crippen molar-refractivity contribution in [2.75, 3.05) is 39.4 Å². The van der Waals surface area contributed by atoms with Crippen molar-refractivity contribution in [3.05, 3.63) is 24.2 Å². The van der Waals surface area contributed by atoms with Gasteiger partial charge in [0.05, 0.1) is 31.9 Å². The molecule has 1 N–H and O–H groups in total. The van der Waals surface area contributed by atoms with Crippen molar-refractivity contribution in [3.8, 4) is 0 Å². The van der Waals surface area contributed by atoms with Crippen molar-refractivity contribution in [2.24, 2.45) is 11.8 Å². The summed E-state index contributed by atoms with van der Waals surface area (Å²) >= 11 is 0. The van der Waals surface area contributed by atoms with Crippen LogP contribution in [0.2, 0.25) is 0 Å². The predicted octanol–water partition coefficient (Wildman–Crippen LogP) is 1.49. The number of nitrogens with zero attached hydrogens (tertiary/aromatic N) is 2. The van der Waals surface area contributed by atoms with E-state index in [4.69, 9.17) is 9.15 Å². The summed E-state index contributed by atoms with van der Waals surface area (Å²) in [6.07, 6.45) is 2.91. The Bertz CT molecular complexity index is 611. The van der Waals surface area contributed by atoms with Crippen molar-refractivity contribution < 1.29 is 18.7 Å². The van der Waals surface area contributed by atoms with E-state index in [0.29, 0.717) is 31.6 Å². The summed E-state index contributed by atoms with van der Waals surface area (Å²) in [6, 6.07) is 3.97. The van der Waals surface area contributed by atoms with Crippen LogP contribution in [-0.4, -0.2) is 67.0 Å². The highest BCUT2D eigenvalue weighted by atomic mass is 16.5. The third-order valence-corrected chi connectivity index (χ3v) is 5.33. The topological polar surface area (TPSA) is 75.0 Å². The molecule has 0 spiro atoms. The smallest absolute Gasteiger partial charge is 0.225 e. The summed E-state index contributed by atoms with van der Waals surface area (Å²) in [5.41, 5.74) is 0. The summed E-state index contributed by atoms with van der Waals surface area (Å²) in [4.78, 5) is 29.0. The maximum Gasteiger partial charge on any atom is 0.225 e. The minimum Gasteiger partial charge on any atom is -0.467 e. The van der Waals surface area contributed by atoms with Gasteiger partial charge in [0.1, 0.15) is 5.76 Å². The molecular formula is C20H31N3O4. The van der Waals surface area contributed by atoms with E-state index >= 15 is 0 Å². The number of morpholine rings is 1. The average molecular weight is 377 g/mol. The fourth-order valence-electron chi connectivity index (χ4n) is 3.90. The van der Waals surface area contributed by atoms with Gasteiger partial charge < -0.3 is 19.4 Å². The van der Waals surface area contributed by atoms with Crippen LogP contribution in [0.15, 0.2) is 22.8 Å².